The van der Waals surface area contributed by atoms with E-state index < -0.39 is 11.1 Å². The summed E-state index contributed by atoms with van der Waals surface area (Å²) in [5, 5.41) is 0. The van der Waals surface area contributed by atoms with Crippen LogP contribution in [0.3, 0.4) is 0 Å². The number of hydrogen-bond donors (Lipinski definition) is 1. The second-order valence-electron chi connectivity index (χ2n) is 2.89. The molecule has 1 rings (SSSR count). The predicted molar refractivity (Wildman–Crippen MR) is 51.7 cm³/mol. The molecule has 0 aliphatic rings. The number of rotatable bonds is 6. The van der Waals surface area contributed by atoms with Crippen LogP contribution in [0.1, 0.15) is 19.3 Å². The van der Waals surface area contributed by atoms with Gasteiger partial charge in [-0.1, -0.05) is 6.42 Å². The van der Waals surface area contributed by atoms with Gasteiger partial charge in [-0.15, -0.1) is 0 Å². The van der Waals surface area contributed by atoms with Gasteiger partial charge in [-0.05, 0) is 12.8 Å². The molecular formula is C8H14N2O2S. The molecule has 0 saturated carbocycles. The van der Waals surface area contributed by atoms with Gasteiger partial charge in [0.2, 0.25) is 0 Å². The zero-order chi connectivity index (χ0) is 9.52. The van der Waals surface area contributed by atoms with Crippen LogP contribution in [-0.4, -0.2) is 24.1 Å². The number of aromatic nitrogens is 2. The van der Waals surface area contributed by atoms with Crippen LogP contribution in [0.25, 0.3) is 0 Å². The van der Waals surface area contributed by atoms with Crippen LogP contribution in [0.2, 0.25) is 0 Å². The van der Waals surface area contributed by atoms with Crippen LogP contribution in [0, 0.1) is 0 Å². The van der Waals surface area contributed by atoms with E-state index in [2.05, 4.69) is 4.98 Å². The van der Waals surface area contributed by atoms with Gasteiger partial charge in [-0.25, -0.2) is 9.19 Å². The minimum Gasteiger partial charge on any atom is -0.337 e. The van der Waals surface area contributed by atoms with Crippen molar-refractivity contribution in [2.24, 2.45) is 0 Å². The lowest BCUT2D eigenvalue weighted by Crippen LogP contribution is -1.97. The molecule has 1 unspecified atom stereocenters. The lowest BCUT2D eigenvalue weighted by Gasteiger charge is -2.00. The first-order valence-corrected chi connectivity index (χ1v) is 5.60. The van der Waals surface area contributed by atoms with Crippen LogP contribution in [-0.2, 0) is 17.6 Å². The molecule has 0 bridgehead atoms. The van der Waals surface area contributed by atoms with Gasteiger partial charge in [0.05, 0.1) is 6.33 Å². The van der Waals surface area contributed by atoms with Crippen molar-refractivity contribution in [3.05, 3.63) is 18.7 Å². The van der Waals surface area contributed by atoms with Gasteiger partial charge < -0.3 is 9.12 Å². The summed E-state index contributed by atoms with van der Waals surface area (Å²) in [5.41, 5.74) is 0. The van der Waals surface area contributed by atoms with Crippen LogP contribution >= 0.6 is 0 Å². The van der Waals surface area contributed by atoms with Crippen molar-refractivity contribution >= 4 is 11.1 Å². The van der Waals surface area contributed by atoms with E-state index in [1.165, 1.54) is 0 Å². The summed E-state index contributed by atoms with van der Waals surface area (Å²) in [6.07, 6.45) is 8.30. The van der Waals surface area contributed by atoms with Crippen LogP contribution in [0.15, 0.2) is 18.7 Å². The summed E-state index contributed by atoms with van der Waals surface area (Å²) in [6.45, 7) is 0.943. The first kappa shape index (κ1) is 10.4. The van der Waals surface area contributed by atoms with Crippen molar-refractivity contribution in [3.63, 3.8) is 0 Å². The Kier molecular flexibility index (Phi) is 4.70. The SMILES string of the molecule is O=S(O)CCCCCn1ccnc1. The Hall–Kier alpha value is -0.680. The summed E-state index contributed by atoms with van der Waals surface area (Å²) < 4.78 is 20.8. The molecule has 0 fully saturated rings. The number of aryl methyl sites for hydroxylation is 1. The molecule has 0 radical (unpaired) electrons. The van der Waals surface area contributed by atoms with Gasteiger partial charge in [-0.3, -0.25) is 0 Å². The molecule has 1 heterocycles. The van der Waals surface area contributed by atoms with Crippen LogP contribution in [0.5, 0.6) is 0 Å². The van der Waals surface area contributed by atoms with E-state index in [1.54, 1.807) is 12.5 Å². The molecule has 0 aliphatic heterocycles. The van der Waals surface area contributed by atoms with E-state index in [-0.39, 0.29) is 0 Å². The molecule has 0 aromatic carbocycles. The quantitative estimate of drug-likeness (QED) is 0.558. The fourth-order valence-corrected chi connectivity index (χ4v) is 1.57. The molecule has 13 heavy (non-hydrogen) atoms. The number of nitrogens with zero attached hydrogens (tertiary/aromatic N) is 2. The summed E-state index contributed by atoms with van der Waals surface area (Å²) >= 11 is -1.62. The van der Waals surface area contributed by atoms with E-state index in [0.717, 1.165) is 25.8 Å². The first-order valence-electron chi connectivity index (χ1n) is 4.32. The molecule has 5 heteroatoms. The minimum absolute atomic E-state index is 0.393. The maximum absolute atomic E-state index is 10.3. The zero-order valence-corrected chi connectivity index (χ0v) is 8.24. The van der Waals surface area contributed by atoms with Crippen LogP contribution in [0.4, 0.5) is 0 Å². The second kappa shape index (κ2) is 5.88. The molecule has 1 atom stereocenters. The average molecular weight is 202 g/mol. The Bertz CT molecular complexity index is 249. The zero-order valence-electron chi connectivity index (χ0n) is 7.43. The predicted octanol–water partition coefficient (Wildman–Crippen LogP) is 1.28. The van der Waals surface area contributed by atoms with Gasteiger partial charge in [-0.2, -0.15) is 0 Å². The lowest BCUT2D eigenvalue weighted by atomic mass is 10.2. The van der Waals surface area contributed by atoms with Crippen LogP contribution < -0.4 is 0 Å². The molecule has 0 amide bonds. The smallest absolute Gasteiger partial charge is 0.152 e. The largest absolute Gasteiger partial charge is 0.337 e. The van der Waals surface area contributed by atoms with E-state index in [1.807, 2.05) is 10.8 Å². The molecule has 0 spiro atoms. The average Bonchev–Trinajstić information content (AvgIpc) is 2.55. The number of imidazole rings is 1. The van der Waals surface area contributed by atoms with E-state index in [9.17, 15) is 4.21 Å². The Balaban J connectivity index is 1.99. The molecular weight excluding hydrogens is 188 g/mol. The highest BCUT2D eigenvalue weighted by atomic mass is 32.2. The number of hydrogen-bond acceptors (Lipinski definition) is 2. The summed E-state index contributed by atoms with van der Waals surface area (Å²) in [7, 11) is 0. The highest BCUT2D eigenvalue weighted by Gasteiger charge is 1.94. The van der Waals surface area contributed by atoms with Crippen molar-refractivity contribution < 1.29 is 8.76 Å². The highest BCUT2D eigenvalue weighted by Crippen LogP contribution is 1.99. The molecule has 74 valence electrons. The Morgan fingerprint density at radius 2 is 2.23 bits per heavy atom. The standard InChI is InChI=1S/C8H14N2O2S/c11-13(12)7-3-1-2-5-10-6-4-9-8-10/h4,6,8H,1-3,5,7H2,(H,11,12). The fourth-order valence-electron chi connectivity index (χ4n) is 1.12. The normalized spacial score (nSPS) is 13.0. The van der Waals surface area contributed by atoms with Gasteiger partial charge in [0, 0.05) is 24.7 Å². The van der Waals surface area contributed by atoms with Gasteiger partial charge >= 0.3 is 0 Å². The molecule has 1 N–H and O–H groups in total. The van der Waals surface area contributed by atoms with Crippen molar-refractivity contribution in [2.45, 2.75) is 25.8 Å². The van der Waals surface area contributed by atoms with E-state index >= 15 is 0 Å². The van der Waals surface area contributed by atoms with Crippen molar-refractivity contribution in [3.8, 4) is 0 Å². The minimum atomic E-state index is -1.62. The Morgan fingerprint density at radius 3 is 2.85 bits per heavy atom. The molecule has 0 saturated heterocycles. The maximum atomic E-state index is 10.3. The summed E-state index contributed by atoms with van der Waals surface area (Å²) in [5.74, 6) is 0.393. The lowest BCUT2D eigenvalue weighted by molar-refractivity contribution is 0.553. The number of unbranched alkanes of at least 4 members (excludes halogenated alkanes) is 2. The molecule has 0 aliphatic carbocycles. The summed E-state index contributed by atoms with van der Waals surface area (Å²) in [4.78, 5) is 3.92. The van der Waals surface area contributed by atoms with Gasteiger partial charge in [0.25, 0.3) is 0 Å². The Labute approximate surface area is 80.3 Å². The second-order valence-corrected chi connectivity index (χ2v) is 3.94. The van der Waals surface area contributed by atoms with Gasteiger partial charge in [0.15, 0.2) is 11.1 Å². The van der Waals surface area contributed by atoms with Crippen molar-refractivity contribution in [1.82, 2.24) is 9.55 Å². The molecule has 4 nitrogen and oxygen atoms in total. The molecule has 1 aromatic rings. The van der Waals surface area contributed by atoms with E-state index in [0.29, 0.717) is 5.75 Å². The fraction of sp³-hybridized carbons (Fsp3) is 0.625. The van der Waals surface area contributed by atoms with Crippen molar-refractivity contribution in [2.75, 3.05) is 5.75 Å². The summed E-state index contributed by atoms with van der Waals surface area (Å²) in [6, 6.07) is 0. The highest BCUT2D eigenvalue weighted by molar-refractivity contribution is 7.79. The maximum Gasteiger partial charge on any atom is 0.152 e. The van der Waals surface area contributed by atoms with E-state index in [4.69, 9.17) is 4.55 Å². The molecule has 1 aromatic heterocycles. The monoisotopic (exact) mass is 202 g/mol. The first-order chi connectivity index (χ1) is 6.29. The third-order valence-electron chi connectivity index (χ3n) is 1.79. The third kappa shape index (κ3) is 4.80. The van der Waals surface area contributed by atoms with Crippen molar-refractivity contribution in [1.29, 1.82) is 0 Å². The van der Waals surface area contributed by atoms with Gasteiger partial charge in [0.1, 0.15) is 0 Å². The third-order valence-corrected chi connectivity index (χ3v) is 2.43. The topological polar surface area (TPSA) is 55.1 Å². The Morgan fingerprint density at radius 1 is 1.38 bits per heavy atom.